The molecule has 2 saturated heterocycles. The van der Waals surface area contributed by atoms with Gasteiger partial charge in [0.15, 0.2) is 0 Å². The Morgan fingerprint density at radius 3 is 2.69 bits per heavy atom. The molecule has 1 aromatic carbocycles. The second kappa shape index (κ2) is 10.1. The van der Waals surface area contributed by atoms with Crippen LogP contribution in [0.3, 0.4) is 0 Å². The summed E-state index contributed by atoms with van der Waals surface area (Å²) in [5.41, 5.74) is 2.91. The lowest BCUT2D eigenvalue weighted by molar-refractivity contribution is -0.156. The maximum atomic E-state index is 12.8. The molecule has 3 fully saturated rings. The number of epoxide rings is 2. The molecule has 0 aromatic heterocycles. The Labute approximate surface area is 210 Å². The third-order valence-electron chi connectivity index (χ3n) is 7.87. The SMILES string of the molecule is COc1ccc(NCC(=O)O[C@@H]2CC[C@]3(CO3)C([C@@]3(C)O[C@@H]3CC=C(C)C)[C@@H]2C)cc1CN(C)C. The third kappa shape index (κ3) is 5.68. The Hall–Kier alpha value is -2.09. The standard InChI is InChI=1S/C28H42N2O5/c1-18(2)8-11-24-27(4,35-24)26-19(3)22(12-13-28(26)17-33-28)34-25(31)15-29-21-9-10-23(32-7)20(14-21)16-30(5)6/h8-10,14,19,22,24,26,29H,11-13,15-17H2,1-7H3/t19-,22-,24-,26?,27+,28+/m1/s1. The maximum absolute atomic E-state index is 12.8. The molecule has 2 aliphatic heterocycles. The Bertz CT molecular complexity index is 953. The van der Waals surface area contributed by atoms with Crippen LogP contribution in [-0.4, -0.2) is 68.6 Å². The second-order valence-corrected chi connectivity index (χ2v) is 11.2. The molecule has 1 N–H and O–H groups in total. The van der Waals surface area contributed by atoms with Gasteiger partial charge in [0.05, 0.1) is 31.0 Å². The molecule has 0 amide bonds. The van der Waals surface area contributed by atoms with Gasteiger partial charge in [0.1, 0.15) is 18.4 Å². The predicted molar refractivity (Wildman–Crippen MR) is 137 cm³/mol. The van der Waals surface area contributed by atoms with Crippen LogP contribution in [-0.2, 0) is 25.5 Å². The van der Waals surface area contributed by atoms with Gasteiger partial charge in [-0.05, 0) is 72.3 Å². The van der Waals surface area contributed by atoms with Crippen LogP contribution in [0.5, 0.6) is 5.75 Å². The second-order valence-electron chi connectivity index (χ2n) is 11.2. The maximum Gasteiger partial charge on any atom is 0.325 e. The minimum Gasteiger partial charge on any atom is -0.496 e. The van der Waals surface area contributed by atoms with Crippen molar-refractivity contribution in [1.82, 2.24) is 4.90 Å². The number of nitrogens with zero attached hydrogens (tertiary/aromatic N) is 1. The molecule has 1 spiro atoms. The molecule has 1 unspecified atom stereocenters. The van der Waals surface area contributed by atoms with E-state index in [0.717, 1.165) is 49.4 Å². The summed E-state index contributed by atoms with van der Waals surface area (Å²) in [6.07, 6.45) is 4.98. The summed E-state index contributed by atoms with van der Waals surface area (Å²) in [6.45, 7) is 10.3. The lowest BCUT2D eigenvalue weighted by Gasteiger charge is -2.42. The van der Waals surface area contributed by atoms with Gasteiger partial charge in [-0.25, -0.2) is 0 Å². The first-order valence-electron chi connectivity index (χ1n) is 12.8. The molecular weight excluding hydrogens is 444 g/mol. The monoisotopic (exact) mass is 486 g/mol. The molecule has 35 heavy (non-hydrogen) atoms. The molecule has 194 valence electrons. The number of ether oxygens (including phenoxy) is 4. The Morgan fingerprint density at radius 2 is 2.06 bits per heavy atom. The highest BCUT2D eigenvalue weighted by Gasteiger charge is 2.70. The topological polar surface area (TPSA) is 75.9 Å². The van der Waals surface area contributed by atoms with E-state index in [1.54, 1.807) is 7.11 Å². The number of rotatable bonds is 10. The van der Waals surface area contributed by atoms with Gasteiger partial charge in [-0.15, -0.1) is 0 Å². The average Bonchev–Trinajstić information content (AvgIpc) is 3.70. The van der Waals surface area contributed by atoms with Crippen molar-refractivity contribution in [3.05, 3.63) is 35.4 Å². The fourth-order valence-electron chi connectivity index (χ4n) is 6.03. The normalized spacial score (nSPS) is 33.4. The fourth-order valence-corrected chi connectivity index (χ4v) is 6.03. The largest absolute Gasteiger partial charge is 0.496 e. The molecule has 1 saturated carbocycles. The molecule has 3 aliphatic rings. The molecule has 7 nitrogen and oxygen atoms in total. The molecule has 1 aromatic rings. The van der Waals surface area contributed by atoms with Gasteiger partial charge in [0, 0.05) is 29.6 Å². The smallest absolute Gasteiger partial charge is 0.325 e. The summed E-state index contributed by atoms with van der Waals surface area (Å²) in [6, 6.07) is 5.88. The molecule has 4 rings (SSSR count). The molecule has 6 atom stereocenters. The molecular formula is C28H42N2O5. The van der Waals surface area contributed by atoms with E-state index in [1.807, 2.05) is 32.3 Å². The van der Waals surface area contributed by atoms with E-state index in [4.69, 9.17) is 18.9 Å². The fraction of sp³-hybridized carbons (Fsp3) is 0.679. The Morgan fingerprint density at radius 1 is 1.31 bits per heavy atom. The number of carbonyl (C=O) groups excluding carboxylic acids is 1. The number of anilines is 1. The average molecular weight is 487 g/mol. The van der Waals surface area contributed by atoms with Gasteiger partial charge >= 0.3 is 5.97 Å². The number of allylic oxidation sites excluding steroid dienone is 1. The van der Waals surface area contributed by atoms with Crippen LogP contribution in [0.15, 0.2) is 29.8 Å². The highest BCUT2D eigenvalue weighted by molar-refractivity contribution is 5.75. The van der Waals surface area contributed by atoms with Gasteiger partial charge in [-0.3, -0.25) is 4.79 Å². The molecule has 1 aliphatic carbocycles. The molecule has 0 bridgehead atoms. The zero-order valence-electron chi connectivity index (χ0n) is 22.3. The summed E-state index contributed by atoms with van der Waals surface area (Å²) >= 11 is 0. The first-order valence-corrected chi connectivity index (χ1v) is 12.8. The molecule has 2 heterocycles. The van der Waals surface area contributed by atoms with E-state index in [-0.39, 0.29) is 47.8 Å². The number of benzene rings is 1. The van der Waals surface area contributed by atoms with E-state index in [9.17, 15) is 4.79 Å². The summed E-state index contributed by atoms with van der Waals surface area (Å²) in [5, 5.41) is 3.23. The molecule has 7 heteroatoms. The summed E-state index contributed by atoms with van der Waals surface area (Å²) in [5.74, 6) is 0.995. The third-order valence-corrected chi connectivity index (χ3v) is 7.87. The van der Waals surface area contributed by atoms with Crippen LogP contribution in [0.1, 0.15) is 52.5 Å². The first kappa shape index (κ1) is 26.0. The first-order chi connectivity index (χ1) is 16.6. The summed E-state index contributed by atoms with van der Waals surface area (Å²) < 4.78 is 23.8. The van der Waals surface area contributed by atoms with Crippen molar-refractivity contribution >= 4 is 11.7 Å². The Kier molecular flexibility index (Phi) is 7.51. The van der Waals surface area contributed by atoms with Crippen molar-refractivity contribution in [1.29, 1.82) is 0 Å². The lowest BCUT2D eigenvalue weighted by atomic mass is 9.64. The van der Waals surface area contributed by atoms with Crippen molar-refractivity contribution in [2.45, 2.75) is 76.9 Å². The van der Waals surface area contributed by atoms with E-state index >= 15 is 0 Å². The number of esters is 1. The van der Waals surface area contributed by atoms with Crippen LogP contribution in [0, 0.1) is 11.8 Å². The van der Waals surface area contributed by atoms with Gasteiger partial charge in [0.25, 0.3) is 0 Å². The summed E-state index contributed by atoms with van der Waals surface area (Å²) in [7, 11) is 5.71. The van der Waals surface area contributed by atoms with Crippen LogP contribution in [0.25, 0.3) is 0 Å². The quantitative estimate of drug-likeness (QED) is 0.298. The Balaban J connectivity index is 1.36. The van der Waals surface area contributed by atoms with Gasteiger partial charge in [-0.1, -0.05) is 18.6 Å². The number of hydrogen-bond donors (Lipinski definition) is 1. The van der Waals surface area contributed by atoms with Crippen molar-refractivity contribution in [3.63, 3.8) is 0 Å². The highest BCUT2D eigenvalue weighted by Crippen LogP contribution is 2.60. The van der Waals surface area contributed by atoms with E-state index in [0.29, 0.717) is 0 Å². The number of hydrogen-bond acceptors (Lipinski definition) is 7. The number of nitrogens with one attached hydrogen (secondary N) is 1. The molecule has 0 radical (unpaired) electrons. The van der Waals surface area contributed by atoms with E-state index in [2.05, 4.69) is 44.0 Å². The highest BCUT2D eigenvalue weighted by atomic mass is 16.6. The van der Waals surface area contributed by atoms with Crippen molar-refractivity contribution in [3.8, 4) is 5.75 Å². The van der Waals surface area contributed by atoms with Crippen LogP contribution >= 0.6 is 0 Å². The zero-order valence-corrected chi connectivity index (χ0v) is 22.3. The van der Waals surface area contributed by atoms with Gasteiger partial charge in [-0.2, -0.15) is 0 Å². The lowest BCUT2D eigenvalue weighted by Crippen LogP contribution is -2.50. The van der Waals surface area contributed by atoms with Crippen LogP contribution < -0.4 is 10.1 Å². The van der Waals surface area contributed by atoms with E-state index < -0.39 is 0 Å². The zero-order chi connectivity index (χ0) is 25.4. The number of carbonyl (C=O) groups is 1. The number of methoxy groups -OCH3 is 1. The van der Waals surface area contributed by atoms with Crippen molar-refractivity contribution in [2.24, 2.45) is 11.8 Å². The van der Waals surface area contributed by atoms with Gasteiger partial charge in [0.2, 0.25) is 0 Å². The minimum absolute atomic E-state index is 0.110. The van der Waals surface area contributed by atoms with Crippen LogP contribution in [0.2, 0.25) is 0 Å². The predicted octanol–water partition coefficient (Wildman–Crippen LogP) is 4.41. The van der Waals surface area contributed by atoms with Crippen molar-refractivity contribution < 1.29 is 23.7 Å². The summed E-state index contributed by atoms with van der Waals surface area (Å²) in [4.78, 5) is 14.9. The van der Waals surface area contributed by atoms with E-state index in [1.165, 1.54) is 5.57 Å². The van der Waals surface area contributed by atoms with Crippen LogP contribution in [0.4, 0.5) is 5.69 Å². The van der Waals surface area contributed by atoms with Gasteiger partial charge < -0.3 is 29.2 Å². The minimum atomic E-state index is -0.235. The van der Waals surface area contributed by atoms with Crippen molar-refractivity contribution in [2.75, 3.05) is 39.7 Å².